The average Bonchev–Trinajstić information content (AvgIpc) is 2.03. The monoisotopic (exact) mass is 186 g/mol. The molecule has 1 N–H and O–H groups in total. The molecule has 12 heavy (non-hydrogen) atoms. The van der Waals surface area contributed by atoms with Crippen LogP contribution in [0, 0.1) is 16.7 Å². The van der Waals surface area contributed by atoms with Crippen molar-refractivity contribution in [1.29, 1.82) is 0 Å². The molecule has 1 rings (SSSR count). The first kappa shape index (κ1) is 8.96. The lowest BCUT2D eigenvalue weighted by Crippen LogP contribution is -1.94. The number of aliphatic hydroxyl groups is 1. The van der Waals surface area contributed by atoms with Crippen LogP contribution in [-0.2, 0) is 0 Å². The van der Waals surface area contributed by atoms with Crippen LogP contribution in [0.25, 0.3) is 0 Å². The molecule has 0 aliphatic heterocycles. The molecule has 1 aromatic rings. The zero-order chi connectivity index (χ0) is 9.14. The Morgan fingerprint density at radius 1 is 1.58 bits per heavy atom. The predicted molar refractivity (Wildman–Crippen MR) is 43.4 cm³/mol. The van der Waals surface area contributed by atoms with Crippen molar-refractivity contribution in [3.8, 4) is 0 Å². The van der Waals surface area contributed by atoms with E-state index in [1.165, 1.54) is 18.2 Å². The molecular formula is C7H5ClNO3. The Kier molecular flexibility index (Phi) is 2.62. The van der Waals surface area contributed by atoms with Gasteiger partial charge in [0.2, 0.25) is 0 Å². The van der Waals surface area contributed by atoms with Crippen LogP contribution in [0.2, 0.25) is 5.02 Å². The minimum atomic E-state index is -0.635. The standard InChI is InChI=1S/C7H5ClNO3/c8-6-3-1-2-5(4-10)7(6)9(11)12/h1-4,10H. The molecule has 4 nitrogen and oxygen atoms in total. The van der Waals surface area contributed by atoms with E-state index in [4.69, 9.17) is 16.7 Å². The Hall–Kier alpha value is -1.13. The third-order valence-electron chi connectivity index (χ3n) is 1.34. The summed E-state index contributed by atoms with van der Waals surface area (Å²) in [6.07, 6.45) is 0. The minimum Gasteiger partial charge on any atom is -0.385 e. The number of nitrogens with zero attached hydrogens (tertiary/aromatic N) is 1. The predicted octanol–water partition coefficient (Wildman–Crippen LogP) is 2.13. The molecule has 1 aromatic carbocycles. The summed E-state index contributed by atoms with van der Waals surface area (Å²) in [5.74, 6) is 0. The van der Waals surface area contributed by atoms with E-state index in [0.717, 1.165) is 0 Å². The Morgan fingerprint density at radius 2 is 2.25 bits per heavy atom. The second-order valence-electron chi connectivity index (χ2n) is 2.06. The van der Waals surface area contributed by atoms with Gasteiger partial charge in [0.1, 0.15) is 11.6 Å². The smallest absolute Gasteiger partial charge is 0.293 e. The normalized spacial score (nSPS) is 9.83. The van der Waals surface area contributed by atoms with E-state index < -0.39 is 4.92 Å². The lowest BCUT2D eigenvalue weighted by molar-refractivity contribution is -0.385. The molecule has 0 heterocycles. The van der Waals surface area contributed by atoms with E-state index in [1.807, 2.05) is 0 Å². The second kappa shape index (κ2) is 3.51. The highest BCUT2D eigenvalue weighted by Gasteiger charge is 2.16. The molecule has 63 valence electrons. The molecule has 1 radical (unpaired) electrons. The van der Waals surface area contributed by atoms with Crippen LogP contribution in [0.4, 0.5) is 5.69 Å². The number of rotatable bonds is 2. The Bertz CT molecular complexity index is 314. The number of nitro benzene ring substituents is 1. The highest BCUT2D eigenvalue weighted by molar-refractivity contribution is 6.32. The third kappa shape index (κ3) is 1.54. The number of halogens is 1. The summed E-state index contributed by atoms with van der Waals surface area (Å²) < 4.78 is 0. The zero-order valence-electron chi connectivity index (χ0n) is 5.90. The van der Waals surface area contributed by atoms with Crippen molar-refractivity contribution < 1.29 is 10.0 Å². The maximum absolute atomic E-state index is 10.4. The molecule has 0 aliphatic rings. The number of nitro groups is 1. The molecule has 0 aliphatic carbocycles. The van der Waals surface area contributed by atoms with Gasteiger partial charge in [-0.05, 0) is 12.1 Å². The number of hydrogen-bond donors (Lipinski definition) is 1. The molecule has 0 unspecified atom stereocenters. The van der Waals surface area contributed by atoms with Gasteiger partial charge in [-0.1, -0.05) is 17.7 Å². The number of benzene rings is 1. The highest BCUT2D eigenvalue weighted by atomic mass is 35.5. The molecule has 0 saturated heterocycles. The van der Waals surface area contributed by atoms with Crippen molar-refractivity contribution in [2.75, 3.05) is 0 Å². The molecule has 0 aromatic heterocycles. The van der Waals surface area contributed by atoms with Crippen LogP contribution in [0.5, 0.6) is 0 Å². The van der Waals surface area contributed by atoms with Crippen molar-refractivity contribution in [3.05, 3.63) is 45.5 Å². The van der Waals surface area contributed by atoms with E-state index in [2.05, 4.69) is 0 Å². The lowest BCUT2D eigenvalue weighted by atomic mass is 10.2. The van der Waals surface area contributed by atoms with Crippen molar-refractivity contribution >= 4 is 17.3 Å². The van der Waals surface area contributed by atoms with E-state index >= 15 is 0 Å². The van der Waals surface area contributed by atoms with Gasteiger partial charge in [-0.15, -0.1) is 0 Å². The van der Waals surface area contributed by atoms with Gasteiger partial charge < -0.3 is 5.11 Å². The van der Waals surface area contributed by atoms with Crippen molar-refractivity contribution in [2.45, 2.75) is 0 Å². The van der Waals surface area contributed by atoms with Crippen molar-refractivity contribution in [3.63, 3.8) is 0 Å². The van der Waals surface area contributed by atoms with Crippen LogP contribution >= 0.6 is 11.6 Å². The van der Waals surface area contributed by atoms with Gasteiger partial charge in [-0.2, -0.15) is 0 Å². The lowest BCUT2D eigenvalue weighted by Gasteiger charge is -1.98. The van der Waals surface area contributed by atoms with Crippen molar-refractivity contribution in [2.24, 2.45) is 0 Å². The highest BCUT2D eigenvalue weighted by Crippen LogP contribution is 2.28. The Labute approximate surface area is 73.5 Å². The minimum absolute atomic E-state index is 0.0165. The summed E-state index contributed by atoms with van der Waals surface area (Å²) >= 11 is 5.53. The SMILES string of the molecule is O=[N+]([O-])c1c(Cl)cccc1[CH]O. The summed E-state index contributed by atoms with van der Waals surface area (Å²) in [5.41, 5.74) is -0.172. The first-order valence-corrected chi connectivity index (χ1v) is 3.45. The van der Waals surface area contributed by atoms with Gasteiger partial charge in [0.15, 0.2) is 0 Å². The molecule has 0 amide bonds. The second-order valence-corrected chi connectivity index (χ2v) is 2.47. The Balaban J connectivity index is 3.29. The summed E-state index contributed by atoms with van der Waals surface area (Å²) in [6.45, 7) is 0.657. The summed E-state index contributed by atoms with van der Waals surface area (Å²) in [6, 6.07) is 4.33. The van der Waals surface area contributed by atoms with E-state index in [9.17, 15) is 10.1 Å². The quantitative estimate of drug-likeness (QED) is 0.569. The maximum atomic E-state index is 10.4. The molecule has 0 spiro atoms. The fraction of sp³-hybridized carbons (Fsp3) is 0. The molecular weight excluding hydrogens is 182 g/mol. The van der Waals surface area contributed by atoms with Gasteiger partial charge in [0.25, 0.3) is 5.69 Å². The summed E-state index contributed by atoms with van der Waals surface area (Å²) in [5, 5.41) is 19.0. The van der Waals surface area contributed by atoms with Gasteiger partial charge in [0.05, 0.1) is 10.5 Å². The van der Waals surface area contributed by atoms with Gasteiger partial charge in [-0.25, -0.2) is 0 Å². The largest absolute Gasteiger partial charge is 0.385 e. The number of aliphatic hydroxyl groups excluding tert-OH is 1. The van der Waals surface area contributed by atoms with Crippen LogP contribution in [-0.4, -0.2) is 10.0 Å². The van der Waals surface area contributed by atoms with Crippen LogP contribution < -0.4 is 0 Å². The summed E-state index contributed by atoms with van der Waals surface area (Å²) in [4.78, 5) is 9.76. The number of hydrogen-bond acceptors (Lipinski definition) is 3. The first-order valence-electron chi connectivity index (χ1n) is 3.07. The average molecular weight is 187 g/mol. The van der Waals surface area contributed by atoms with E-state index in [1.54, 1.807) is 0 Å². The Morgan fingerprint density at radius 3 is 2.67 bits per heavy atom. The fourth-order valence-corrected chi connectivity index (χ4v) is 1.08. The van der Waals surface area contributed by atoms with Crippen LogP contribution in [0.15, 0.2) is 18.2 Å². The van der Waals surface area contributed by atoms with Gasteiger partial charge in [-0.3, -0.25) is 10.1 Å². The third-order valence-corrected chi connectivity index (χ3v) is 1.64. The number of para-hydroxylation sites is 1. The molecule has 5 heteroatoms. The first-order chi connectivity index (χ1) is 5.66. The van der Waals surface area contributed by atoms with Crippen LogP contribution in [0.3, 0.4) is 0 Å². The van der Waals surface area contributed by atoms with E-state index in [-0.39, 0.29) is 16.3 Å². The van der Waals surface area contributed by atoms with Gasteiger partial charge in [0, 0.05) is 0 Å². The van der Waals surface area contributed by atoms with Crippen LogP contribution in [0.1, 0.15) is 5.56 Å². The fourth-order valence-electron chi connectivity index (χ4n) is 0.829. The summed E-state index contributed by atoms with van der Waals surface area (Å²) in [7, 11) is 0. The molecule has 0 bridgehead atoms. The molecule has 0 saturated carbocycles. The van der Waals surface area contributed by atoms with E-state index in [0.29, 0.717) is 6.61 Å². The zero-order valence-corrected chi connectivity index (χ0v) is 6.65. The molecule has 0 fully saturated rings. The van der Waals surface area contributed by atoms with Crippen molar-refractivity contribution in [1.82, 2.24) is 0 Å². The molecule has 0 atom stereocenters. The maximum Gasteiger partial charge on any atom is 0.293 e. The van der Waals surface area contributed by atoms with Gasteiger partial charge >= 0.3 is 0 Å². The topological polar surface area (TPSA) is 63.4 Å².